The third-order valence-corrected chi connectivity index (χ3v) is 2.99. The van der Waals surface area contributed by atoms with E-state index in [9.17, 15) is 4.79 Å². The highest BCUT2D eigenvalue weighted by molar-refractivity contribution is 5.86. The Morgan fingerprint density at radius 3 is 2.29 bits per heavy atom. The van der Waals surface area contributed by atoms with E-state index in [2.05, 4.69) is 17.6 Å². The molecule has 0 unspecified atom stereocenters. The van der Waals surface area contributed by atoms with Crippen LogP contribution < -0.4 is 10.6 Å². The molecule has 0 aromatic heterocycles. The molecule has 0 bridgehead atoms. The number of amides is 1. The standard InChI is InChI=1S/C11H22N2O/c1-3-12-10(14)11(13-4-2)8-6-5-7-9-11/h13H,3-9H2,1-2H3,(H,12,14). The molecule has 2 N–H and O–H groups in total. The lowest BCUT2D eigenvalue weighted by atomic mass is 9.81. The van der Waals surface area contributed by atoms with Crippen molar-refractivity contribution in [1.29, 1.82) is 0 Å². The van der Waals surface area contributed by atoms with Crippen molar-refractivity contribution in [3.05, 3.63) is 0 Å². The van der Waals surface area contributed by atoms with Crippen molar-refractivity contribution in [2.24, 2.45) is 0 Å². The molecule has 14 heavy (non-hydrogen) atoms. The van der Waals surface area contributed by atoms with Gasteiger partial charge in [-0.05, 0) is 26.3 Å². The van der Waals surface area contributed by atoms with Gasteiger partial charge >= 0.3 is 0 Å². The molecule has 1 aliphatic rings. The van der Waals surface area contributed by atoms with Crippen LogP contribution in [0.2, 0.25) is 0 Å². The van der Waals surface area contributed by atoms with Crippen molar-refractivity contribution in [3.8, 4) is 0 Å². The van der Waals surface area contributed by atoms with Crippen molar-refractivity contribution in [2.75, 3.05) is 13.1 Å². The molecule has 0 aromatic carbocycles. The summed E-state index contributed by atoms with van der Waals surface area (Å²) in [5.74, 6) is 0.196. The maximum Gasteiger partial charge on any atom is 0.240 e. The third kappa shape index (κ3) is 2.47. The van der Waals surface area contributed by atoms with E-state index in [4.69, 9.17) is 0 Å². The fraction of sp³-hybridized carbons (Fsp3) is 0.909. The molecule has 1 amide bonds. The molecule has 3 nitrogen and oxygen atoms in total. The zero-order valence-electron chi connectivity index (χ0n) is 9.36. The quantitative estimate of drug-likeness (QED) is 0.717. The summed E-state index contributed by atoms with van der Waals surface area (Å²) in [4.78, 5) is 11.9. The molecule has 0 aliphatic heterocycles. The molecular weight excluding hydrogens is 176 g/mol. The third-order valence-electron chi connectivity index (χ3n) is 2.99. The summed E-state index contributed by atoms with van der Waals surface area (Å²) < 4.78 is 0. The highest BCUT2D eigenvalue weighted by Crippen LogP contribution is 2.28. The molecule has 82 valence electrons. The van der Waals surface area contributed by atoms with E-state index in [0.717, 1.165) is 25.9 Å². The number of hydrogen-bond donors (Lipinski definition) is 2. The van der Waals surface area contributed by atoms with Crippen LogP contribution in [0.3, 0.4) is 0 Å². The second-order valence-corrected chi connectivity index (χ2v) is 4.03. The van der Waals surface area contributed by atoms with Crippen LogP contribution in [0.4, 0.5) is 0 Å². The average Bonchev–Trinajstić information content (AvgIpc) is 2.20. The van der Waals surface area contributed by atoms with E-state index in [-0.39, 0.29) is 11.4 Å². The first kappa shape index (κ1) is 11.5. The average molecular weight is 198 g/mol. The summed E-state index contributed by atoms with van der Waals surface area (Å²) in [7, 11) is 0. The first-order valence-electron chi connectivity index (χ1n) is 5.78. The van der Waals surface area contributed by atoms with Gasteiger partial charge in [-0.2, -0.15) is 0 Å². The summed E-state index contributed by atoms with van der Waals surface area (Å²) in [5, 5.41) is 6.31. The Balaban J connectivity index is 2.63. The fourth-order valence-electron chi connectivity index (χ4n) is 2.31. The van der Waals surface area contributed by atoms with Crippen LogP contribution in [-0.2, 0) is 4.79 Å². The summed E-state index contributed by atoms with van der Waals surface area (Å²) in [6, 6.07) is 0. The van der Waals surface area contributed by atoms with Crippen molar-refractivity contribution < 1.29 is 4.79 Å². The first-order chi connectivity index (χ1) is 6.75. The lowest BCUT2D eigenvalue weighted by Crippen LogP contribution is -2.57. The van der Waals surface area contributed by atoms with E-state index in [1.807, 2.05) is 6.92 Å². The van der Waals surface area contributed by atoms with Gasteiger partial charge in [0.1, 0.15) is 0 Å². The van der Waals surface area contributed by atoms with E-state index in [1.54, 1.807) is 0 Å². The highest BCUT2D eigenvalue weighted by Gasteiger charge is 2.37. The second kappa shape index (κ2) is 5.35. The molecule has 1 fully saturated rings. The molecule has 0 aromatic rings. The van der Waals surface area contributed by atoms with Crippen LogP contribution in [-0.4, -0.2) is 24.5 Å². The van der Waals surface area contributed by atoms with Crippen molar-refractivity contribution in [1.82, 2.24) is 10.6 Å². The smallest absolute Gasteiger partial charge is 0.240 e. The topological polar surface area (TPSA) is 41.1 Å². The SMILES string of the molecule is CCNC(=O)C1(NCC)CCCCC1. The van der Waals surface area contributed by atoms with Crippen molar-refractivity contribution >= 4 is 5.91 Å². The van der Waals surface area contributed by atoms with Gasteiger partial charge in [-0.15, -0.1) is 0 Å². The summed E-state index contributed by atoms with van der Waals surface area (Å²) in [5.41, 5.74) is -0.261. The van der Waals surface area contributed by atoms with Gasteiger partial charge in [0.05, 0.1) is 5.54 Å². The maximum atomic E-state index is 11.9. The predicted molar refractivity (Wildman–Crippen MR) is 58.2 cm³/mol. The molecule has 0 radical (unpaired) electrons. The lowest BCUT2D eigenvalue weighted by molar-refractivity contribution is -0.128. The normalized spacial score (nSPS) is 20.4. The predicted octanol–water partition coefficient (Wildman–Crippen LogP) is 1.43. The Kier molecular flexibility index (Phi) is 4.39. The van der Waals surface area contributed by atoms with Gasteiger partial charge in [0.15, 0.2) is 0 Å². The molecule has 3 heteroatoms. The number of likely N-dealkylation sites (N-methyl/N-ethyl adjacent to an activating group) is 2. The molecule has 1 aliphatic carbocycles. The molecule has 0 saturated heterocycles. The fourth-order valence-corrected chi connectivity index (χ4v) is 2.31. The van der Waals surface area contributed by atoms with Gasteiger partial charge in [-0.3, -0.25) is 4.79 Å². The van der Waals surface area contributed by atoms with Crippen molar-refractivity contribution in [3.63, 3.8) is 0 Å². The van der Waals surface area contributed by atoms with Gasteiger partial charge in [0.2, 0.25) is 5.91 Å². The van der Waals surface area contributed by atoms with Crippen LogP contribution >= 0.6 is 0 Å². The Morgan fingerprint density at radius 2 is 1.79 bits per heavy atom. The van der Waals surface area contributed by atoms with Crippen molar-refractivity contribution in [2.45, 2.75) is 51.5 Å². The minimum Gasteiger partial charge on any atom is -0.355 e. The second-order valence-electron chi connectivity index (χ2n) is 4.03. The molecule has 1 rings (SSSR count). The molecule has 0 heterocycles. The van der Waals surface area contributed by atoms with E-state index >= 15 is 0 Å². The Morgan fingerprint density at radius 1 is 1.14 bits per heavy atom. The van der Waals surface area contributed by atoms with Crippen LogP contribution in [0.1, 0.15) is 46.0 Å². The van der Waals surface area contributed by atoms with Gasteiger partial charge in [-0.1, -0.05) is 26.2 Å². The van der Waals surface area contributed by atoms with Gasteiger partial charge in [0, 0.05) is 6.54 Å². The van der Waals surface area contributed by atoms with Crippen LogP contribution in [0, 0.1) is 0 Å². The van der Waals surface area contributed by atoms with E-state index < -0.39 is 0 Å². The summed E-state index contributed by atoms with van der Waals surface area (Å²) in [6.07, 6.45) is 5.60. The number of carbonyl (C=O) groups is 1. The number of hydrogen-bond acceptors (Lipinski definition) is 2. The van der Waals surface area contributed by atoms with Gasteiger partial charge in [0.25, 0.3) is 0 Å². The van der Waals surface area contributed by atoms with Gasteiger partial charge in [-0.25, -0.2) is 0 Å². The zero-order valence-corrected chi connectivity index (χ0v) is 9.36. The summed E-state index contributed by atoms with van der Waals surface area (Å²) >= 11 is 0. The molecule has 0 spiro atoms. The van der Waals surface area contributed by atoms with E-state index in [0.29, 0.717) is 0 Å². The Hall–Kier alpha value is -0.570. The van der Waals surface area contributed by atoms with Gasteiger partial charge < -0.3 is 10.6 Å². The first-order valence-corrected chi connectivity index (χ1v) is 5.78. The number of rotatable bonds is 4. The van der Waals surface area contributed by atoms with Crippen LogP contribution in [0.5, 0.6) is 0 Å². The molecular formula is C11H22N2O. The molecule has 0 atom stereocenters. The summed E-state index contributed by atoms with van der Waals surface area (Å²) in [6.45, 7) is 5.64. The zero-order chi connectivity index (χ0) is 10.4. The lowest BCUT2D eigenvalue weighted by Gasteiger charge is -2.36. The Bertz CT molecular complexity index is 180. The maximum absolute atomic E-state index is 11.9. The van der Waals surface area contributed by atoms with Crippen LogP contribution in [0.25, 0.3) is 0 Å². The van der Waals surface area contributed by atoms with Crippen LogP contribution in [0.15, 0.2) is 0 Å². The monoisotopic (exact) mass is 198 g/mol. The minimum absolute atomic E-state index is 0.196. The Labute approximate surface area is 86.6 Å². The number of nitrogens with one attached hydrogen (secondary N) is 2. The van der Waals surface area contributed by atoms with E-state index in [1.165, 1.54) is 19.3 Å². The number of carbonyl (C=O) groups excluding carboxylic acids is 1. The highest BCUT2D eigenvalue weighted by atomic mass is 16.2. The minimum atomic E-state index is -0.261. The largest absolute Gasteiger partial charge is 0.355 e. The molecule has 1 saturated carbocycles.